The van der Waals surface area contributed by atoms with Crippen LogP contribution < -0.4 is 5.43 Å². The summed E-state index contributed by atoms with van der Waals surface area (Å²) in [4.78, 5) is 21.8. The molecule has 0 aliphatic carbocycles. The number of para-hydroxylation sites is 1. The number of rotatable bonds is 9. The van der Waals surface area contributed by atoms with E-state index in [0.717, 1.165) is 12.8 Å². The molecule has 0 atom stereocenters. The Labute approximate surface area is 128 Å². The number of hydrazone groups is 1. The van der Waals surface area contributed by atoms with Crippen molar-refractivity contribution in [2.75, 3.05) is 0 Å². The number of amides is 1. The van der Waals surface area contributed by atoms with Gasteiger partial charge in [0.1, 0.15) is 0 Å². The van der Waals surface area contributed by atoms with Crippen LogP contribution in [0.2, 0.25) is 0 Å². The van der Waals surface area contributed by atoms with E-state index in [4.69, 9.17) is 5.11 Å². The van der Waals surface area contributed by atoms with Crippen LogP contribution >= 0.6 is 0 Å². The molecular formula is C15H20N2O5. The standard InChI is InChI=1S/C15H20N2O5/c18-12-7-5-6-11(15(12)22)10-16-17-13(19)8-3-1-2-4-9-14(20)21/h5-7,10,18,22H,1-4,8-9H2,(H,17,19)(H,20,21)/b16-10+. The highest BCUT2D eigenvalue weighted by Crippen LogP contribution is 2.26. The van der Waals surface area contributed by atoms with E-state index in [2.05, 4.69) is 10.5 Å². The first-order valence-corrected chi connectivity index (χ1v) is 7.05. The Hall–Kier alpha value is -2.57. The molecule has 7 heteroatoms. The molecule has 0 aliphatic heterocycles. The first kappa shape index (κ1) is 17.5. The molecule has 0 radical (unpaired) electrons. The van der Waals surface area contributed by atoms with Crippen LogP contribution in [0.5, 0.6) is 11.5 Å². The highest BCUT2D eigenvalue weighted by atomic mass is 16.4. The number of phenols is 2. The highest BCUT2D eigenvalue weighted by molar-refractivity contribution is 5.86. The van der Waals surface area contributed by atoms with Crippen LogP contribution in [0.15, 0.2) is 23.3 Å². The van der Waals surface area contributed by atoms with Crippen molar-refractivity contribution in [3.8, 4) is 11.5 Å². The predicted octanol–water partition coefficient (Wildman–Crippen LogP) is 1.97. The topological polar surface area (TPSA) is 119 Å². The largest absolute Gasteiger partial charge is 0.504 e. The van der Waals surface area contributed by atoms with Crippen LogP contribution in [-0.4, -0.2) is 33.4 Å². The summed E-state index contributed by atoms with van der Waals surface area (Å²) in [7, 11) is 0. The Balaban J connectivity index is 2.21. The van der Waals surface area contributed by atoms with E-state index in [0.29, 0.717) is 24.8 Å². The van der Waals surface area contributed by atoms with Gasteiger partial charge in [0.25, 0.3) is 0 Å². The molecule has 0 bridgehead atoms. The van der Waals surface area contributed by atoms with E-state index in [9.17, 15) is 19.8 Å². The van der Waals surface area contributed by atoms with E-state index >= 15 is 0 Å². The Kier molecular flexibility index (Phi) is 7.45. The minimum Gasteiger partial charge on any atom is -0.504 e. The van der Waals surface area contributed by atoms with Crippen molar-refractivity contribution in [1.29, 1.82) is 0 Å². The van der Waals surface area contributed by atoms with Gasteiger partial charge in [0.2, 0.25) is 5.91 Å². The van der Waals surface area contributed by atoms with E-state index in [1.54, 1.807) is 12.1 Å². The second-order valence-electron chi connectivity index (χ2n) is 4.82. The zero-order valence-corrected chi connectivity index (χ0v) is 12.2. The lowest BCUT2D eigenvalue weighted by Crippen LogP contribution is -2.16. The number of nitrogens with one attached hydrogen (secondary N) is 1. The molecule has 1 rings (SSSR count). The molecular weight excluding hydrogens is 288 g/mol. The molecule has 0 aliphatic rings. The monoisotopic (exact) mass is 308 g/mol. The van der Waals surface area contributed by atoms with Crippen LogP contribution in [0.1, 0.15) is 44.1 Å². The van der Waals surface area contributed by atoms with E-state index in [-0.39, 0.29) is 23.8 Å². The van der Waals surface area contributed by atoms with Crippen molar-refractivity contribution >= 4 is 18.1 Å². The number of carbonyl (C=O) groups is 2. The number of carboxylic acid groups (broad SMARTS) is 1. The average Bonchev–Trinajstić information content (AvgIpc) is 2.47. The molecule has 0 unspecified atom stereocenters. The molecule has 4 N–H and O–H groups in total. The van der Waals surface area contributed by atoms with E-state index in [1.165, 1.54) is 12.3 Å². The number of aromatic hydroxyl groups is 2. The Morgan fingerprint density at radius 2 is 1.77 bits per heavy atom. The molecule has 0 saturated heterocycles. The maximum atomic E-state index is 11.5. The number of hydrogen-bond acceptors (Lipinski definition) is 5. The number of benzene rings is 1. The first-order valence-electron chi connectivity index (χ1n) is 7.05. The zero-order valence-electron chi connectivity index (χ0n) is 12.2. The van der Waals surface area contributed by atoms with Gasteiger partial charge in [0, 0.05) is 18.4 Å². The number of nitrogens with zero attached hydrogens (tertiary/aromatic N) is 1. The number of carbonyl (C=O) groups excluding carboxylic acids is 1. The smallest absolute Gasteiger partial charge is 0.303 e. The molecule has 1 aromatic rings. The van der Waals surface area contributed by atoms with Gasteiger partial charge in [-0.05, 0) is 25.0 Å². The molecule has 1 aromatic carbocycles. The third kappa shape index (κ3) is 6.74. The van der Waals surface area contributed by atoms with Crippen LogP contribution in [0.25, 0.3) is 0 Å². The second-order valence-corrected chi connectivity index (χ2v) is 4.82. The van der Waals surface area contributed by atoms with Gasteiger partial charge in [0.15, 0.2) is 11.5 Å². The van der Waals surface area contributed by atoms with E-state index in [1.807, 2.05) is 0 Å². The van der Waals surface area contributed by atoms with Gasteiger partial charge in [-0.1, -0.05) is 18.9 Å². The van der Waals surface area contributed by atoms with Crippen molar-refractivity contribution < 1.29 is 24.9 Å². The fourth-order valence-electron chi connectivity index (χ4n) is 1.80. The van der Waals surface area contributed by atoms with Crippen molar-refractivity contribution in [2.45, 2.75) is 38.5 Å². The molecule has 0 spiro atoms. The van der Waals surface area contributed by atoms with Crippen molar-refractivity contribution in [2.24, 2.45) is 5.10 Å². The number of unbranched alkanes of at least 4 members (excludes halogenated alkanes) is 3. The summed E-state index contributed by atoms with van der Waals surface area (Å²) in [5.74, 6) is -1.60. The Morgan fingerprint density at radius 3 is 2.45 bits per heavy atom. The molecule has 120 valence electrons. The maximum Gasteiger partial charge on any atom is 0.303 e. The van der Waals surface area contributed by atoms with Gasteiger partial charge < -0.3 is 15.3 Å². The molecule has 0 aromatic heterocycles. The van der Waals surface area contributed by atoms with Crippen LogP contribution in [0.4, 0.5) is 0 Å². The minimum atomic E-state index is -0.803. The lowest BCUT2D eigenvalue weighted by atomic mass is 10.1. The van der Waals surface area contributed by atoms with Crippen LogP contribution in [0, 0.1) is 0 Å². The molecule has 1 amide bonds. The van der Waals surface area contributed by atoms with Gasteiger partial charge in [-0.15, -0.1) is 0 Å². The fourth-order valence-corrected chi connectivity index (χ4v) is 1.80. The maximum absolute atomic E-state index is 11.5. The Bertz CT molecular complexity index is 543. The zero-order chi connectivity index (χ0) is 16.4. The number of carboxylic acids is 1. The molecule has 0 fully saturated rings. The molecule has 0 heterocycles. The van der Waals surface area contributed by atoms with Crippen molar-refractivity contribution in [3.05, 3.63) is 23.8 Å². The second kappa shape index (κ2) is 9.38. The highest BCUT2D eigenvalue weighted by Gasteiger charge is 2.04. The number of hydrogen-bond donors (Lipinski definition) is 4. The quantitative estimate of drug-likeness (QED) is 0.241. The van der Waals surface area contributed by atoms with Crippen molar-refractivity contribution in [1.82, 2.24) is 5.43 Å². The summed E-state index contributed by atoms with van der Waals surface area (Å²) >= 11 is 0. The summed E-state index contributed by atoms with van der Waals surface area (Å²) in [5, 5.41) is 31.0. The number of phenolic OH excluding ortho intramolecular Hbond substituents is 2. The predicted molar refractivity (Wildman–Crippen MR) is 80.8 cm³/mol. The van der Waals surface area contributed by atoms with Crippen LogP contribution in [0.3, 0.4) is 0 Å². The van der Waals surface area contributed by atoms with E-state index < -0.39 is 5.97 Å². The van der Waals surface area contributed by atoms with Gasteiger partial charge in [-0.25, -0.2) is 5.43 Å². The molecule has 0 saturated carbocycles. The fraction of sp³-hybridized carbons (Fsp3) is 0.400. The summed E-state index contributed by atoms with van der Waals surface area (Å²) in [5.41, 5.74) is 2.63. The summed E-state index contributed by atoms with van der Waals surface area (Å²) in [6.45, 7) is 0. The summed E-state index contributed by atoms with van der Waals surface area (Å²) in [6, 6.07) is 4.44. The Morgan fingerprint density at radius 1 is 1.09 bits per heavy atom. The third-order valence-corrected chi connectivity index (χ3v) is 2.98. The van der Waals surface area contributed by atoms with Gasteiger partial charge in [0.05, 0.1) is 6.21 Å². The lowest BCUT2D eigenvalue weighted by Gasteiger charge is -2.02. The SMILES string of the molecule is O=C(O)CCCCCCC(=O)N/N=C/c1cccc(O)c1O. The molecule has 7 nitrogen and oxygen atoms in total. The first-order chi connectivity index (χ1) is 10.5. The van der Waals surface area contributed by atoms with Gasteiger partial charge in [-0.2, -0.15) is 5.10 Å². The van der Waals surface area contributed by atoms with Crippen molar-refractivity contribution in [3.63, 3.8) is 0 Å². The lowest BCUT2D eigenvalue weighted by molar-refractivity contribution is -0.137. The average molecular weight is 308 g/mol. The van der Waals surface area contributed by atoms with Crippen LogP contribution in [-0.2, 0) is 9.59 Å². The van der Waals surface area contributed by atoms with Gasteiger partial charge in [-0.3, -0.25) is 9.59 Å². The van der Waals surface area contributed by atoms with Gasteiger partial charge >= 0.3 is 5.97 Å². The summed E-state index contributed by atoms with van der Waals surface area (Å²) < 4.78 is 0. The normalized spacial score (nSPS) is 10.7. The summed E-state index contributed by atoms with van der Waals surface area (Å²) in [6.07, 6.45) is 4.56. The number of aliphatic carboxylic acids is 1. The third-order valence-electron chi connectivity index (χ3n) is 2.98. The molecule has 22 heavy (non-hydrogen) atoms. The minimum absolute atomic E-state index is 0.157.